The van der Waals surface area contributed by atoms with E-state index >= 15 is 0 Å². The van der Waals surface area contributed by atoms with Gasteiger partial charge in [-0.25, -0.2) is 9.18 Å². The summed E-state index contributed by atoms with van der Waals surface area (Å²) in [6.07, 6.45) is 1.38. The molecule has 0 bridgehead atoms. The topological polar surface area (TPSA) is 64.4 Å². The molecule has 29 heavy (non-hydrogen) atoms. The van der Waals surface area contributed by atoms with Crippen LogP contribution in [0.25, 0.3) is 0 Å². The number of esters is 1. The molecule has 1 aromatic carbocycles. The fourth-order valence-electron chi connectivity index (χ4n) is 3.66. The van der Waals surface area contributed by atoms with E-state index < -0.39 is 11.8 Å². The van der Waals surface area contributed by atoms with Crippen molar-refractivity contribution >= 4 is 11.9 Å². The molecule has 3 rings (SSSR count). The molecule has 2 aromatic rings. The molecule has 1 aliphatic rings. The van der Waals surface area contributed by atoms with Gasteiger partial charge < -0.3 is 9.64 Å². The van der Waals surface area contributed by atoms with E-state index in [0.29, 0.717) is 38.2 Å². The summed E-state index contributed by atoms with van der Waals surface area (Å²) in [5.74, 6) is -1.21. The highest BCUT2D eigenvalue weighted by molar-refractivity contribution is 5.94. The molecule has 0 radical (unpaired) electrons. The number of nitrogens with zero attached hydrogens (tertiary/aromatic N) is 3. The average molecular weight is 401 g/mol. The van der Waals surface area contributed by atoms with Gasteiger partial charge in [0.25, 0.3) is 5.91 Å². The SMILES string of the molecule is CCOC(=O)c1cc(C(C)(C)C)n(C2CCN(C(=O)c3ccccc3F)CC2)n1. The van der Waals surface area contributed by atoms with E-state index in [1.807, 2.05) is 4.68 Å². The fourth-order valence-corrected chi connectivity index (χ4v) is 3.66. The average Bonchev–Trinajstić information content (AvgIpc) is 3.14. The number of amides is 1. The van der Waals surface area contributed by atoms with Crippen LogP contribution in [0.3, 0.4) is 0 Å². The molecular formula is C22H28FN3O3. The Bertz CT molecular complexity index is 893. The van der Waals surface area contributed by atoms with Gasteiger partial charge in [0, 0.05) is 24.2 Å². The molecule has 2 heterocycles. The van der Waals surface area contributed by atoms with Crippen molar-refractivity contribution in [2.24, 2.45) is 0 Å². The van der Waals surface area contributed by atoms with Crippen LogP contribution in [0.5, 0.6) is 0 Å². The van der Waals surface area contributed by atoms with Crippen LogP contribution in [0, 0.1) is 5.82 Å². The molecule has 0 N–H and O–H groups in total. The van der Waals surface area contributed by atoms with E-state index in [4.69, 9.17) is 4.74 Å². The van der Waals surface area contributed by atoms with Crippen LogP contribution in [0.4, 0.5) is 4.39 Å². The monoisotopic (exact) mass is 401 g/mol. The van der Waals surface area contributed by atoms with Crippen LogP contribution in [-0.2, 0) is 10.2 Å². The Balaban J connectivity index is 1.77. The summed E-state index contributed by atoms with van der Waals surface area (Å²) in [7, 11) is 0. The first-order valence-corrected chi connectivity index (χ1v) is 10.0. The molecule has 1 amide bonds. The van der Waals surface area contributed by atoms with Crippen LogP contribution in [0.1, 0.15) is 73.1 Å². The largest absolute Gasteiger partial charge is 0.461 e. The van der Waals surface area contributed by atoms with Crippen LogP contribution in [0.2, 0.25) is 0 Å². The number of aromatic nitrogens is 2. The molecule has 0 atom stereocenters. The summed E-state index contributed by atoms with van der Waals surface area (Å²) in [6.45, 7) is 9.31. The minimum atomic E-state index is -0.499. The number of rotatable bonds is 4. The van der Waals surface area contributed by atoms with Crippen molar-refractivity contribution in [3.8, 4) is 0 Å². The Hall–Kier alpha value is -2.70. The van der Waals surface area contributed by atoms with Crippen LogP contribution in [0.15, 0.2) is 30.3 Å². The first-order chi connectivity index (χ1) is 13.7. The minimum absolute atomic E-state index is 0.0667. The molecule has 1 aliphatic heterocycles. The lowest BCUT2D eigenvalue weighted by Gasteiger charge is -2.34. The summed E-state index contributed by atoms with van der Waals surface area (Å²) in [5, 5.41) is 4.54. The molecule has 0 aliphatic carbocycles. The Kier molecular flexibility index (Phi) is 6.05. The Labute approximate surface area is 170 Å². The van der Waals surface area contributed by atoms with Gasteiger partial charge in [-0.1, -0.05) is 32.9 Å². The summed E-state index contributed by atoms with van der Waals surface area (Å²) >= 11 is 0. The maximum Gasteiger partial charge on any atom is 0.358 e. The van der Waals surface area contributed by atoms with Crippen molar-refractivity contribution < 1.29 is 18.7 Å². The lowest BCUT2D eigenvalue weighted by atomic mass is 9.91. The smallest absolute Gasteiger partial charge is 0.358 e. The highest BCUT2D eigenvalue weighted by atomic mass is 19.1. The molecule has 1 saturated heterocycles. The lowest BCUT2D eigenvalue weighted by Crippen LogP contribution is -2.40. The van der Waals surface area contributed by atoms with Gasteiger partial charge in [-0.3, -0.25) is 9.48 Å². The van der Waals surface area contributed by atoms with Gasteiger partial charge in [0.1, 0.15) is 5.82 Å². The zero-order valence-corrected chi connectivity index (χ0v) is 17.4. The van der Waals surface area contributed by atoms with Crippen molar-refractivity contribution in [3.63, 3.8) is 0 Å². The maximum atomic E-state index is 14.0. The van der Waals surface area contributed by atoms with Gasteiger partial charge in [-0.15, -0.1) is 0 Å². The molecule has 1 fully saturated rings. The number of benzene rings is 1. The second kappa shape index (κ2) is 8.35. The molecular weight excluding hydrogens is 373 g/mol. The van der Waals surface area contributed by atoms with E-state index in [9.17, 15) is 14.0 Å². The molecule has 7 heteroatoms. The van der Waals surface area contributed by atoms with E-state index in [1.54, 1.807) is 30.0 Å². The normalized spacial score (nSPS) is 15.4. The first-order valence-electron chi connectivity index (χ1n) is 10.0. The molecule has 1 aromatic heterocycles. The highest BCUT2D eigenvalue weighted by Gasteiger charge is 2.31. The molecule has 0 unspecified atom stereocenters. The van der Waals surface area contributed by atoms with Crippen LogP contribution in [-0.4, -0.2) is 46.3 Å². The quantitative estimate of drug-likeness (QED) is 0.727. The number of carbonyl (C=O) groups excluding carboxylic acids is 2. The summed E-state index contributed by atoms with van der Waals surface area (Å²) in [6, 6.07) is 7.92. The van der Waals surface area contributed by atoms with Gasteiger partial charge >= 0.3 is 5.97 Å². The van der Waals surface area contributed by atoms with Crippen LogP contribution >= 0.6 is 0 Å². The second-order valence-corrected chi connectivity index (χ2v) is 8.33. The van der Waals surface area contributed by atoms with E-state index in [2.05, 4.69) is 25.9 Å². The third-order valence-electron chi connectivity index (χ3n) is 5.19. The predicted molar refractivity (Wildman–Crippen MR) is 107 cm³/mol. The highest BCUT2D eigenvalue weighted by Crippen LogP contribution is 2.31. The summed E-state index contributed by atoms with van der Waals surface area (Å²) in [4.78, 5) is 26.5. The van der Waals surface area contributed by atoms with Crippen molar-refractivity contribution in [3.05, 3.63) is 53.1 Å². The number of hydrogen-bond donors (Lipinski definition) is 0. The third-order valence-corrected chi connectivity index (χ3v) is 5.19. The van der Waals surface area contributed by atoms with Gasteiger partial charge in [0.05, 0.1) is 18.2 Å². The summed E-state index contributed by atoms with van der Waals surface area (Å²) in [5.41, 5.74) is 1.17. The van der Waals surface area contributed by atoms with Gasteiger partial charge in [0.15, 0.2) is 5.69 Å². The second-order valence-electron chi connectivity index (χ2n) is 8.33. The maximum absolute atomic E-state index is 14.0. The number of piperidine rings is 1. The zero-order chi connectivity index (χ0) is 21.2. The third kappa shape index (κ3) is 4.49. The van der Waals surface area contributed by atoms with Crippen molar-refractivity contribution in [1.82, 2.24) is 14.7 Å². The Morgan fingerprint density at radius 3 is 2.45 bits per heavy atom. The zero-order valence-electron chi connectivity index (χ0n) is 17.4. The Morgan fingerprint density at radius 1 is 1.21 bits per heavy atom. The Morgan fingerprint density at radius 2 is 1.86 bits per heavy atom. The summed E-state index contributed by atoms with van der Waals surface area (Å²) < 4.78 is 21.0. The van der Waals surface area contributed by atoms with Gasteiger partial charge in [-0.2, -0.15) is 5.10 Å². The molecule has 6 nitrogen and oxygen atoms in total. The van der Waals surface area contributed by atoms with Gasteiger partial charge in [-0.05, 0) is 38.0 Å². The molecule has 0 saturated carbocycles. The van der Waals surface area contributed by atoms with Crippen molar-refractivity contribution in [2.45, 2.75) is 52.0 Å². The standard InChI is InChI=1S/C22H28FN3O3/c1-5-29-21(28)18-14-19(22(2,3)4)26(24-18)15-10-12-25(13-11-15)20(27)16-8-6-7-9-17(16)23/h6-9,14-15H,5,10-13H2,1-4H3. The number of ether oxygens (including phenoxy) is 1. The van der Waals surface area contributed by atoms with E-state index in [0.717, 1.165) is 5.69 Å². The molecule has 0 spiro atoms. The number of hydrogen-bond acceptors (Lipinski definition) is 4. The minimum Gasteiger partial charge on any atom is -0.461 e. The number of halogens is 1. The first kappa shape index (κ1) is 21.0. The lowest BCUT2D eigenvalue weighted by molar-refractivity contribution is 0.0517. The van der Waals surface area contributed by atoms with Gasteiger partial charge in [0.2, 0.25) is 0 Å². The van der Waals surface area contributed by atoms with Crippen LogP contribution < -0.4 is 0 Å². The van der Waals surface area contributed by atoms with E-state index in [1.165, 1.54) is 12.1 Å². The van der Waals surface area contributed by atoms with Crippen molar-refractivity contribution in [1.29, 1.82) is 0 Å². The number of carbonyl (C=O) groups is 2. The number of likely N-dealkylation sites (tertiary alicyclic amines) is 1. The predicted octanol–water partition coefficient (Wildman–Crippen LogP) is 3.97. The van der Waals surface area contributed by atoms with E-state index in [-0.39, 0.29) is 22.9 Å². The van der Waals surface area contributed by atoms with Crippen molar-refractivity contribution in [2.75, 3.05) is 19.7 Å². The fraction of sp³-hybridized carbons (Fsp3) is 0.500. The molecule has 156 valence electrons.